The molecule has 0 bridgehead atoms. The van der Waals surface area contributed by atoms with Crippen molar-refractivity contribution in [3.05, 3.63) is 64.7 Å². The monoisotopic (exact) mass is 310 g/mol. The van der Waals surface area contributed by atoms with Gasteiger partial charge in [-0.3, -0.25) is 4.79 Å². The van der Waals surface area contributed by atoms with Gasteiger partial charge in [0.15, 0.2) is 5.78 Å². The summed E-state index contributed by atoms with van der Waals surface area (Å²) in [6.07, 6.45) is 0. The lowest BCUT2D eigenvalue weighted by molar-refractivity contribution is 0.102. The zero-order valence-electron chi connectivity index (χ0n) is 13.1. The average molecular weight is 310 g/mol. The van der Waals surface area contributed by atoms with Gasteiger partial charge in [-0.2, -0.15) is 0 Å². The van der Waals surface area contributed by atoms with Gasteiger partial charge in [0, 0.05) is 16.4 Å². The van der Waals surface area contributed by atoms with E-state index in [1.807, 2.05) is 19.9 Å². The van der Waals surface area contributed by atoms with E-state index in [9.17, 15) is 9.18 Å². The molecule has 0 atom stereocenters. The maximum Gasteiger partial charge on any atom is 0.197 e. The molecule has 0 saturated carbocycles. The minimum atomic E-state index is -0.511. The van der Waals surface area contributed by atoms with E-state index in [1.54, 1.807) is 25.3 Å². The highest BCUT2D eigenvalue weighted by Gasteiger charge is 2.41. The molecule has 3 nitrogen and oxygen atoms in total. The van der Waals surface area contributed by atoms with Crippen LogP contribution in [0.3, 0.4) is 0 Å². The predicted octanol–water partition coefficient (Wildman–Crippen LogP) is 4.45. The SMILES string of the molecule is COc1ccc2c(c1)C(C)(C)c1oc3ccc(F)cc3c1C2=O. The van der Waals surface area contributed by atoms with Gasteiger partial charge in [0.05, 0.1) is 12.7 Å². The largest absolute Gasteiger partial charge is 0.497 e. The maximum absolute atomic E-state index is 13.6. The number of furan rings is 1. The highest BCUT2D eigenvalue weighted by Crippen LogP contribution is 2.46. The van der Waals surface area contributed by atoms with Crippen molar-refractivity contribution in [1.82, 2.24) is 0 Å². The fourth-order valence-electron chi connectivity index (χ4n) is 3.36. The summed E-state index contributed by atoms with van der Waals surface area (Å²) in [6, 6.07) is 9.66. The molecule has 4 heteroatoms. The normalized spacial score (nSPS) is 15.4. The fourth-order valence-corrected chi connectivity index (χ4v) is 3.36. The zero-order valence-corrected chi connectivity index (χ0v) is 13.1. The quantitative estimate of drug-likeness (QED) is 0.666. The Labute approximate surface area is 132 Å². The number of rotatable bonds is 1. The molecule has 0 aliphatic heterocycles. The number of carbonyl (C=O) groups is 1. The molecule has 23 heavy (non-hydrogen) atoms. The van der Waals surface area contributed by atoms with Crippen molar-refractivity contribution in [1.29, 1.82) is 0 Å². The Morgan fingerprint density at radius 1 is 1.13 bits per heavy atom. The van der Waals surface area contributed by atoms with E-state index in [4.69, 9.17) is 9.15 Å². The first-order valence-electron chi connectivity index (χ1n) is 7.39. The summed E-state index contributed by atoms with van der Waals surface area (Å²) >= 11 is 0. The molecule has 2 aromatic carbocycles. The average Bonchev–Trinajstić information content (AvgIpc) is 2.92. The summed E-state index contributed by atoms with van der Waals surface area (Å²) in [5.41, 5.74) is 1.94. The van der Waals surface area contributed by atoms with Crippen LogP contribution in [0.25, 0.3) is 11.0 Å². The molecule has 116 valence electrons. The molecule has 0 N–H and O–H groups in total. The minimum Gasteiger partial charge on any atom is -0.497 e. The lowest BCUT2D eigenvalue weighted by Crippen LogP contribution is -2.29. The number of hydrogen-bond acceptors (Lipinski definition) is 3. The molecule has 1 aliphatic rings. The van der Waals surface area contributed by atoms with Crippen LogP contribution in [-0.4, -0.2) is 12.9 Å². The van der Waals surface area contributed by atoms with Crippen LogP contribution in [0.4, 0.5) is 4.39 Å². The first-order valence-corrected chi connectivity index (χ1v) is 7.39. The summed E-state index contributed by atoms with van der Waals surface area (Å²) in [6.45, 7) is 3.99. The van der Waals surface area contributed by atoms with E-state index in [2.05, 4.69) is 0 Å². The molecule has 1 heterocycles. The molecule has 1 aliphatic carbocycles. The Morgan fingerprint density at radius 3 is 2.65 bits per heavy atom. The van der Waals surface area contributed by atoms with Crippen molar-refractivity contribution in [2.75, 3.05) is 7.11 Å². The van der Waals surface area contributed by atoms with Gasteiger partial charge in [-0.1, -0.05) is 0 Å². The van der Waals surface area contributed by atoms with Crippen LogP contribution in [0.2, 0.25) is 0 Å². The van der Waals surface area contributed by atoms with Gasteiger partial charge >= 0.3 is 0 Å². The van der Waals surface area contributed by atoms with E-state index in [0.717, 1.165) is 5.56 Å². The van der Waals surface area contributed by atoms with E-state index >= 15 is 0 Å². The third-order valence-corrected chi connectivity index (χ3v) is 4.59. The highest BCUT2D eigenvalue weighted by atomic mass is 19.1. The number of ether oxygens (including phenoxy) is 1. The van der Waals surface area contributed by atoms with Gasteiger partial charge in [0.2, 0.25) is 0 Å². The summed E-state index contributed by atoms with van der Waals surface area (Å²) in [4.78, 5) is 13.0. The van der Waals surface area contributed by atoms with Gasteiger partial charge in [-0.15, -0.1) is 0 Å². The number of hydrogen-bond donors (Lipinski definition) is 0. The first-order chi connectivity index (χ1) is 10.9. The summed E-state index contributed by atoms with van der Waals surface area (Å²) in [7, 11) is 1.59. The summed E-state index contributed by atoms with van der Waals surface area (Å²) in [5, 5.41) is 0.527. The van der Waals surface area contributed by atoms with Crippen molar-refractivity contribution in [3.63, 3.8) is 0 Å². The van der Waals surface area contributed by atoms with Crippen LogP contribution in [0.5, 0.6) is 5.75 Å². The van der Waals surface area contributed by atoms with Crippen LogP contribution in [-0.2, 0) is 5.41 Å². The Morgan fingerprint density at radius 2 is 1.91 bits per heavy atom. The van der Waals surface area contributed by atoms with Crippen LogP contribution >= 0.6 is 0 Å². The van der Waals surface area contributed by atoms with Crippen LogP contribution < -0.4 is 4.74 Å². The highest BCUT2D eigenvalue weighted by molar-refractivity contribution is 6.19. The van der Waals surface area contributed by atoms with Crippen molar-refractivity contribution < 1.29 is 18.3 Å². The molecule has 0 radical (unpaired) electrons. The standard InChI is InChI=1S/C19H15FO3/c1-19(2)14-9-11(22-3)5-6-12(14)17(21)16-13-8-10(20)4-7-15(13)23-18(16)19/h4-9H,1-3H3. The van der Waals surface area contributed by atoms with Gasteiger partial charge in [0.25, 0.3) is 0 Å². The van der Waals surface area contributed by atoms with Gasteiger partial charge in [0.1, 0.15) is 22.9 Å². The number of methoxy groups -OCH3 is 1. The third-order valence-electron chi connectivity index (χ3n) is 4.59. The minimum absolute atomic E-state index is 0.138. The van der Waals surface area contributed by atoms with Crippen molar-refractivity contribution in [2.45, 2.75) is 19.3 Å². The molecular weight excluding hydrogens is 295 g/mol. The van der Waals surface area contributed by atoms with E-state index in [0.29, 0.717) is 33.6 Å². The molecule has 1 aromatic heterocycles. The first kappa shape index (κ1) is 14.0. The molecule has 3 aromatic rings. The lowest BCUT2D eigenvalue weighted by atomic mass is 9.72. The smallest absolute Gasteiger partial charge is 0.197 e. The Hall–Kier alpha value is -2.62. The molecule has 0 fully saturated rings. The predicted molar refractivity (Wildman–Crippen MR) is 84.7 cm³/mol. The number of benzene rings is 2. The molecule has 0 amide bonds. The number of halogens is 1. The van der Waals surface area contributed by atoms with E-state index in [-0.39, 0.29) is 11.6 Å². The van der Waals surface area contributed by atoms with Gasteiger partial charge in [-0.25, -0.2) is 4.39 Å². The lowest BCUT2D eigenvalue weighted by Gasteiger charge is -2.30. The molecule has 0 saturated heterocycles. The molecule has 0 spiro atoms. The van der Waals surface area contributed by atoms with Crippen LogP contribution in [0, 0.1) is 5.82 Å². The van der Waals surface area contributed by atoms with Gasteiger partial charge < -0.3 is 9.15 Å². The Kier molecular flexibility index (Phi) is 2.71. The molecule has 4 rings (SSSR count). The number of carbonyl (C=O) groups excluding carboxylic acids is 1. The fraction of sp³-hybridized carbons (Fsp3) is 0.211. The topological polar surface area (TPSA) is 39.4 Å². The third kappa shape index (κ3) is 1.78. The van der Waals surface area contributed by atoms with Crippen LogP contribution in [0.1, 0.15) is 41.1 Å². The second-order valence-electron chi connectivity index (χ2n) is 6.31. The van der Waals surface area contributed by atoms with Crippen molar-refractivity contribution in [3.8, 4) is 5.75 Å². The maximum atomic E-state index is 13.6. The Bertz CT molecular complexity index is 966. The number of ketones is 1. The molecule has 0 unspecified atom stereocenters. The van der Waals surface area contributed by atoms with Crippen LogP contribution in [0.15, 0.2) is 40.8 Å². The van der Waals surface area contributed by atoms with E-state index < -0.39 is 5.41 Å². The number of fused-ring (bicyclic) bond motifs is 4. The Balaban J connectivity index is 2.08. The molecular formula is C19H15FO3. The summed E-state index contributed by atoms with van der Waals surface area (Å²) in [5.74, 6) is 0.743. The second-order valence-corrected chi connectivity index (χ2v) is 6.31. The van der Waals surface area contributed by atoms with Crippen molar-refractivity contribution >= 4 is 16.8 Å². The summed E-state index contributed by atoms with van der Waals surface area (Å²) < 4.78 is 24.8. The van der Waals surface area contributed by atoms with E-state index in [1.165, 1.54) is 12.1 Å². The second kappa shape index (κ2) is 4.44. The zero-order chi connectivity index (χ0) is 16.4. The van der Waals surface area contributed by atoms with Crippen molar-refractivity contribution in [2.24, 2.45) is 0 Å². The van der Waals surface area contributed by atoms with Gasteiger partial charge in [-0.05, 0) is 55.8 Å².